The van der Waals surface area contributed by atoms with E-state index in [0.29, 0.717) is 5.56 Å². The van der Waals surface area contributed by atoms with E-state index in [-0.39, 0.29) is 0 Å². The Labute approximate surface area is 102 Å². The Morgan fingerprint density at radius 1 is 1.35 bits per heavy atom. The third kappa shape index (κ3) is 4.44. The van der Waals surface area contributed by atoms with Gasteiger partial charge >= 0.3 is 5.97 Å². The monoisotopic (exact) mass is 236 g/mol. The number of carboxylic acids is 1. The van der Waals surface area contributed by atoms with Crippen molar-refractivity contribution in [1.82, 2.24) is 5.32 Å². The smallest absolute Gasteiger partial charge is 0.335 e. The van der Waals surface area contributed by atoms with Crippen molar-refractivity contribution in [2.75, 3.05) is 25.0 Å². The summed E-state index contributed by atoms with van der Waals surface area (Å²) < 4.78 is 0. The summed E-state index contributed by atoms with van der Waals surface area (Å²) in [7, 11) is 0. The molecule has 4 heteroatoms. The summed E-state index contributed by atoms with van der Waals surface area (Å²) in [6, 6.07) is 5.14. The van der Waals surface area contributed by atoms with Crippen LogP contribution >= 0.6 is 0 Å². The highest BCUT2D eigenvalue weighted by Crippen LogP contribution is 2.16. The maximum absolute atomic E-state index is 10.8. The van der Waals surface area contributed by atoms with E-state index in [9.17, 15) is 4.79 Å². The number of anilines is 1. The van der Waals surface area contributed by atoms with Gasteiger partial charge < -0.3 is 15.7 Å². The molecule has 3 N–H and O–H groups in total. The summed E-state index contributed by atoms with van der Waals surface area (Å²) in [5.41, 5.74) is 2.31. The topological polar surface area (TPSA) is 61.4 Å². The number of aromatic carboxylic acids is 1. The molecule has 94 valence electrons. The first-order valence-corrected chi connectivity index (χ1v) is 5.93. The lowest BCUT2D eigenvalue weighted by Crippen LogP contribution is -2.17. The molecule has 0 aliphatic rings. The average molecular weight is 236 g/mol. The minimum Gasteiger partial charge on any atom is -0.478 e. The van der Waals surface area contributed by atoms with Gasteiger partial charge in [-0.1, -0.05) is 6.92 Å². The Morgan fingerprint density at radius 3 is 2.71 bits per heavy atom. The fraction of sp³-hybridized carbons (Fsp3) is 0.462. The van der Waals surface area contributed by atoms with Crippen LogP contribution < -0.4 is 10.6 Å². The van der Waals surface area contributed by atoms with Gasteiger partial charge in [-0.15, -0.1) is 0 Å². The molecule has 0 bridgehead atoms. The highest BCUT2D eigenvalue weighted by molar-refractivity contribution is 5.88. The molecule has 1 rings (SSSR count). The molecule has 0 fully saturated rings. The van der Waals surface area contributed by atoms with Crippen molar-refractivity contribution in [3.63, 3.8) is 0 Å². The summed E-state index contributed by atoms with van der Waals surface area (Å²) in [6.07, 6.45) is 1.05. The second kappa shape index (κ2) is 6.91. The third-order valence-corrected chi connectivity index (χ3v) is 2.57. The van der Waals surface area contributed by atoms with Crippen molar-refractivity contribution >= 4 is 11.7 Å². The molecule has 0 heterocycles. The zero-order valence-corrected chi connectivity index (χ0v) is 10.4. The van der Waals surface area contributed by atoms with E-state index < -0.39 is 5.97 Å². The zero-order valence-electron chi connectivity index (χ0n) is 10.4. The highest BCUT2D eigenvalue weighted by Gasteiger charge is 2.04. The van der Waals surface area contributed by atoms with Gasteiger partial charge in [-0.3, -0.25) is 0 Å². The van der Waals surface area contributed by atoms with Gasteiger partial charge in [0.2, 0.25) is 0 Å². The van der Waals surface area contributed by atoms with Crippen molar-refractivity contribution in [3.8, 4) is 0 Å². The van der Waals surface area contributed by atoms with Crippen LogP contribution in [0.4, 0.5) is 5.69 Å². The highest BCUT2D eigenvalue weighted by atomic mass is 16.4. The van der Waals surface area contributed by atoms with E-state index in [1.807, 2.05) is 13.0 Å². The third-order valence-electron chi connectivity index (χ3n) is 2.57. The van der Waals surface area contributed by atoms with Crippen LogP contribution in [0.2, 0.25) is 0 Å². The normalized spacial score (nSPS) is 10.2. The predicted molar refractivity (Wildman–Crippen MR) is 69.8 cm³/mol. The standard InChI is InChI=1S/C13H20N2O2/c1-3-14-7-4-8-15-12-6-5-11(13(16)17)9-10(12)2/h5-6,9,14-15H,3-4,7-8H2,1-2H3,(H,16,17). The van der Waals surface area contributed by atoms with Gasteiger partial charge in [0.15, 0.2) is 0 Å². The first kappa shape index (κ1) is 13.5. The molecule has 0 aliphatic carbocycles. The van der Waals surface area contributed by atoms with Gasteiger partial charge in [-0.05, 0) is 50.2 Å². The average Bonchev–Trinajstić information content (AvgIpc) is 2.30. The lowest BCUT2D eigenvalue weighted by molar-refractivity contribution is 0.0697. The second-order valence-corrected chi connectivity index (χ2v) is 3.97. The lowest BCUT2D eigenvalue weighted by atomic mass is 10.1. The number of rotatable bonds is 7. The van der Waals surface area contributed by atoms with Crippen LogP contribution in [0, 0.1) is 6.92 Å². The van der Waals surface area contributed by atoms with Crippen molar-refractivity contribution in [3.05, 3.63) is 29.3 Å². The van der Waals surface area contributed by atoms with Gasteiger partial charge in [0, 0.05) is 12.2 Å². The van der Waals surface area contributed by atoms with E-state index in [2.05, 4.69) is 17.6 Å². The van der Waals surface area contributed by atoms with Gasteiger partial charge in [0.1, 0.15) is 0 Å². The zero-order chi connectivity index (χ0) is 12.7. The maximum atomic E-state index is 10.8. The van der Waals surface area contributed by atoms with Crippen molar-refractivity contribution in [1.29, 1.82) is 0 Å². The molecule has 0 radical (unpaired) electrons. The summed E-state index contributed by atoms with van der Waals surface area (Å²) in [6.45, 7) is 6.88. The number of carboxylic acid groups (broad SMARTS) is 1. The van der Waals surface area contributed by atoms with Gasteiger partial charge in [-0.2, -0.15) is 0 Å². The van der Waals surface area contributed by atoms with Gasteiger partial charge in [0.05, 0.1) is 5.56 Å². The number of carbonyl (C=O) groups is 1. The molecule has 0 saturated heterocycles. The number of hydrogen-bond donors (Lipinski definition) is 3. The van der Waals surface area contributed by atoms with Crippen molar-refractivity contribution in [2.24, 2.45) is 0 Å². The molecule has 0 atom stereocenters. The maximum Gasteiger partial charge on any atom is 0.335 e. The molecule has 1 aromatic carbocycles. The molecule has 0 spiro atoms. The molecule has 17 heavy (non-hydrogen) atoms. The number of aryl methyl sites for hydroxylation is 1. The molecule has 0 aromatic heterocycles. The first-order chi connectivity index (χ1) is 8.15. The van der Waals surface area contributed by atoms with Crippen molar-refractivity contribution < 1.29 is 9.90 Å². The van der Waals surface area contributed by atoms with Crippen LogP contribution in [-0.2, 0) is 0 Å². The molecule has 0 unspecified atom stereocenters. The van der Waals surface area contributed by atoms with Crippen molar-refractivity contribution in [2.45, 2.75) is 20.3 Å². The summed E-state index contributed by atoms with van der Waals surface area (Å²) in [5, 5.41) is 15.4. The van der Waals surface area contributed by atoms with E-state index >= 15 is 0 Å². The van der Waals surface area contributed by atoms with Gasteiger partial charge in [-0.25, -0.2) is 4.79 Å². The van der Waals surface area contributed by atoms with Crippen LogP contribution in [0.1, 0.15) is 29.3 Å². The first-order valence-electron chi connectivity index (χ1n) is 5.93. The molecular weight excluding hydrogens is 216 g/mol. The van der Waals surface area contributed by atoms with Crippen LogP contribution in [0.25, 0.3) is 0 Å². The molecule has 1 aromatic rings. The van der Waals surface area contributed by atoms with E-state index in [4.69, 9.17) is 5.11 Å². The van der Waals surface area contributed by atoms with E-state index in [1.54, 1.807) is 12.1 Å². The van der Waals surface area contributed by atoms with E-state index in [1.165, 1.54) is 0 Å². The molecule has 0 aliphatic heterocycles. The summed E-state index contributed by atoms with van der Waals surface area (Å²) in [5.74, 6) is -0.883. The fourth-order valence-corrected chi connectivity index (χ4v) is 1.61. The van der Waals surface area contributed by atoms with Crippen LogP contribution in [0.5, 0.6) is 0 Å². The molecular formula is C13H20N2O2. The molecule has 4 nitrogen and oxygen atoms in total. The summed E-state index contributed by atoms with van der Waals surface area (Å²) >= 11 is 0. The summed E-state index contributed by atoms with van der Waals surface area (Å²) in [4.78, 5) is 10.8. The minimum absolute atomic E-state index is 0.334. The number of benzene rings is 1. The second-order valence-electron chi connectivity index (χ2n) is 3.97. The minimum atomic E-state index is -0.883. The van der Waals surface area contributed by atoms with E-state index in [0.717, 1.165) is 37.3 Å². The Balaban J connectivity index is 2.46. The Kier molecular flexibility index (Phi) is 5.49. The largest absolute Gasteiger partial charge is 0.478 e. The van der Waals surface area contributed by atoms with Gasteiger partial charge in [0.25, 0.3) is 0 Å². The molecule has 0 amide bonds. The Hall–Kier alpha value is -1.55. The Morgan fingerprint density at radius 2 is 2.12 bits per heavy atom. The lowest BCUT2D eigenvalue weighted by Gasteiger charge is -2.10. The molecule has 0 saturated carbocycles. The van der Waals surface area contributed by atoms with Crippen LogP contribution in [0.15, 0.2) is 18.2 Å². The predicted octanol–water partition coefficient (Wildman–Crippen LogP) is 2.10. The fourth-order valence-electron chi connectivity index (χ4n) is 1.61. The number of nitrogens with one attached hydrogen (secondary N) is 2. The van der Waals surface area contributed by atoms with Crippen LogP contribution in [-0.4, -0.2) is 30.7 Å². The quantitative estimate of drug-likeness (QED) is 0.634. The number of hydrogen-bond acceptors (Lipinski definition) is 3. The SMILES string of the molecule is CCNCCCNc1ccc(C(=O)O)cc1C. The Bertz CT molecular complexity index is 378. The van der Waals surface area contributed by atoms with Crippen LogP contribution in [0.3, 0.4) is 0 Å².